The largest absolute Gasteiger partial charge is 0.495 e. The zero-order valence-corrected chi connectivity index (χ0v) is 24.0. The summed E-state index contributed by atoms with van der Waals surface area (Å²) in [5.41, 5.74) is -0.360. The number of carbonyl (C=O) groups is 2. The number of carbonyl (C=O) groups excluding carboxylic acids is 2. The fourth-order valence-corrected chi connectivity index (χ4v) is 5.19. The van der Waals surface area contributed by atoms with Gasteiger partial charge in [-0.1, -0.05) is 23.7 Å². The number of nitrogens with zero attached hydrogens (tertiary/aromatic N) is 4. The topological polar surface area (TPSA) is 109 Å². The van der Waals surface area contributed by atoms with Gasteiger partial charge in [0.2, 0.25) is 11.8 Å². The average molecular weight is 623 g/mol. The zero-order chi connectivity index (χ0) is 31.1. The first-order valence-corrected chi connectivity index (χ1v) is 13.5. The number of benzene rings is 2. The Kier molecular flexibility index (Phi) is 8.34. The molecule has 2 atom stereocenters. The summed E-state index contributed by atoms with van der Waals surface area (Å²) in [4.78, 5) is 36.5. The lowest BCUT2D eigenvalue weighted by Gasteiger charge is -2.32. The van der Waals surface area contributed by atoms with E-state index in [1.165, 1.54) is 30.2 Å². The maximum absolute atomic E-state index is 14.5. The molecule has 2 unspecified atom stereocenters. The lowest BCUT2D eigenvalue weighted by molar-refractivity contribution is -0.139. The van der Waals surface area contributed by atoms with Gasteiger partial charge in [0, 0.05) is 32.9 Å². The molecule has 0 bridgehead atoms. The Bertz CT molecular complexity index is 1570. The van der Waals surface area contributed by atoms with Crippen LogP contribution in [0.15, 0.2) is 36.5 Å². The molecule has 0 saturated carbocycles. The van der Waals surface area contributed by atoms with Crippen LogP contribution >= 0.6 is 11.6 Å². The van der Waals surface area contributed by atoms with Crippen molar-refractivity contribution in [3.05, 3.63) is 63.8 Å². The first-order valence-electron chi connectivity index (χ1n) is 13.1. The minimum atomic E-state index is -4.87. The lowest BCUT2D eigenvalue weighted by Crippen LogP contribution is -2.51. The first-order chi connectivity index (χ1) is 20.3. The number of likely N-dealkylation sites (tertiary alicyclic amines) is 1. The second kappa shape index (κ2) is 11.8. The van der Waals surface area contributed by atoms with Crippen molar-refractivity contribution >= 4 is 35.1 Å². The van der Waals surface area contributed by atoms with Crippen LogP contribution in [0.1, 0.15) is 38.3 Å². The number of hydrogen-bond donors (Lipinski definition) is 2. The zero-order valence-electron chi connectivity index (χ0n) is 23.3. The van der Waals surface area contributed by atoms with Crippen molar-refractivity contribution < 1.29 is 36.6 Å². The van der Waals surface area contributed by atoms with Crippen molar-refractivity contribution in [2.24, 2.45) is 0 Å². The quantitative estimate of drug-likeness (QED) is 0.353. The van der Waals surface area contributed by atoms with Crippen LogP contribution in [0.3, 0.4) is 0 Å². The van der Waals surface area contributed by atoms with Crippen molar-refractivity contribution in [3.8, 4) is 17.4 Å². The molecular weight excluding hydrogens is 596 g/mol. The molecule has 3 aromatic rings. The van der Waals surface area contributed by atoms with Gasteiger partial charge >= 0.3 is 6.18 Å². The Morgan fingerprint density at radius 2 is 1.95 bits per heavy atom. The fraction of sp³-hybridized carbons (Fsp3) is 0.357. The predicted molar refractivity (Wildman–Crippen MR) is 149 cm³/mol. The SMILES string of the molecule is COc1cc(C(=O)NC2CCN(C)CC2F)c(Cl)cc1Nc1ncc(C(F)(F)F)c(Oc2cccc3c2C(=O)N(C)C3)n1. The molecule has 228 valence electrons. The monoisotopic (exact) mass is 622 g/mol. The summed E-state index contributed by atoms with van der Waals surface area (Å²) in [5.74, 6) is -2.14. The Balaban J connectivity index is 1.42. The second-order valence-electron chi connectivity index (χ2n) is 10.3. The van der Waals surface area contributed by atoms with Crippen LogP contribution in [0.4, 0.5) is 29.2 Å². The summed E-state index contributed by atoms with van der Waals surface area (Å²) >= 11 is 6.39. The van der Waals surface area contributed by atoms with Crippen LogP contribution in [0.5, 0.6) is 17.4 Å². The van der Waals surface area contributed by atoms with Crippen molar-refractivity contribution in [1.82, 2.24) is 25.1 Å². The van der Waals surface area contributed by atoms with Crippen LogP contribution in [0.25, 0.3) is 0 Å². The van der Waals surface area contributed by atoms with E-state index in [2.05, 4.69) is 20.6 Å². The third-order valence-electron chi connectivity index (χ3n) is 7.19. The van der Waals surface area contributed by atoms with E-state index in [4.69, 9.17) is 21.1 Å². The van der Waals surface area contributed by atoms with Gasteiger partial charge in [-0.2, -0.15) is 18.2 Å². The molecule has 1 aromatic heterocycles. The summed E-state index contributed by atoms with van der Waals surface area (Å²) in [6.07, 6.45) is -5.15. The number of alkyl halides is 4. The van der Waals surface area contributed by atoms with Gasteiger partial charge in [-0.3, -0.25) is 9.59 Å². The molecule has 0 aliphatic carbocycles. The summed E-state index contributed by atoms with van der Waals surface area (Å²) in [6.45, 7) is 1.09. The van der Waals surface area contributed by atoms with Gasteiger partial charge in [0.05, 0.1) is 35.0 Å². The van der Waals surface area contributed by atoms with E-state index in [0.29, 0.717) is 24.7 Å². The van der Waals surface area contributed by atoms with Gasteiger partial charge in [-0.15, -0.1) is 0 Å². The third kappa shape index (κ3) is 6.30. The first kappa shape index (κ1) is 30.3. The highest BCUT2D eigenvalue weighted by atomic mass is 35.5. The summed E-state index contributed by atoms with van der Waals surface area (Å²) < 4.78 is 67.0. The Labute approximate surface area is 248 Å². The number of fused-ring (bicyclic) bond motifs is 1. The number of ether oxygens (including phenoxy) is 2. The number of amides is 2. The molecule has 1 saturated heterocycles. The van der Waals surface area contributed by atoms with Crippen molar-refractivity contribution in [2.75, 3.05) is 39.6 Å². The van der Waals surface area contributed by atoms with Crippen LogP contribution in [-0.4, -0.2) is 78.1 Å². The summed E-state index contributed by atoms with van der Waals surface area (Å²) in [6, 6.07) is 6.58. The van der Waals surface area contributed by atoms with Gasteiger partial charge in [0.15, 0.2) is 0 Å². The molecular formula is C28H27ClF4N6O4. The number of piperidine rings is 1. The van der Waals surface area contributed by atoms with Gasteiger partial charge in [0.1, 0.15) is 23.2 Å². The van der Waals surface area contributed by atoms with Crippen LogP contribution < -0.4 is 20.1 Å². The standard InChI is InChI=1S/C28H27ClF4N6O4/c1-38-8-7-19(18(30)13-38)35-24(40)15-9-22(42-3)20(10-17(15)29)36-27-34-11-16(28(31,32)33)25(37-27)43-21-6-4-5-14-12-39(2)26(41)23(14)21/h4-6,9-11,18-19H,7-8,12-13H2,1-3H3,(H,35,40)(H,34,36,37). The molecule has 10 nitrogen and oxygen atoms in total. The number of hydrogen-bond acceptors (Lipinski definition) is 8. The van der Waals surface area contributed by atoms with Gasteiger partial charge in [-0.25, -0.2) is 9.37 Å². The average Bonchev–Trinajstić information content (AvgIpc) is 3.23. The van der Waals surface area contributed by atoms with Gasteiger partial charge in [-0.05, 0) is 37.2 Å². The maximum Gasteiger partial charge on any atom is 0.423 e. The molecule has 2 aliphatic rings. The fourth-order valence-electron chi connectivity index (χ4n) is 4.94. The molecule has 43 heavy (non-hydrogen) atoms. The summed E-state index contributed by atoms with van der Waals surface area (Å²) in [5, 5.41) is 5.38. The molecule has 0 radical (unpaired) electrons. The van der Waals surface area contributed by atoms with E-state index in [9.17, 15) is 27.2 Å². The number of anilines is 2. The second-order valence-corrected chi connectivity index (χ2v) is 10.7. The minimum absolute atomic E-state index is 0.0140. The van der Waals surface area contributed by atoms with E-state index in [0.717, 1.165) is 0 Å². The van der Waals surface area contributed by atoms with E-state index < -0.39 is 41.6 Å². The van der Waals surface area contributed by atoms with Crippen molar-refractivity contribution in [1.29, 1.82) is 0 Å². The Morgan fingerprint density at radius 3 is 2.65 bits per heavy atom. The van der Waals surface area contributed by atoms with Crippen LogP contribution in [0, 0.1) is 0 Å². The maximum atomic E-state index is 14.5. The highest BCUT2D eigenvalue weighted by Gasteiger charge is 2.38. The number of methoxy groups -OCH3 is 1. The Hall–Kier alpha value is -4.17. The molecule has 3 heterocycles. The number of rotatable bonds is 7. The smallest absolute Gasteiger partial charge is 0.423 e. The van der Waals surface area contributed by atoms with E-state index in [-0.39, 0.29) is 52.4 Å². The molecule has 1 fully saturated rings. The van der Waals surface area contributed by atoms with Crippen molar-refractivity contribution in [2.45, 2.75) is 31.4 Å². The highest BCUT2D eigenvalue weighted by Crippen LogP contribution is 2.40. The van der Waals surface area contributed by atoms with Crippen LogP contribution in [-0.2, 0) is 12.7 Å². The summed E-state index contributed by atoms with van der Waals surface area (Å²) in [7, 11) is 4.68. The molecule has 2 amide bonds. The minimum Gasteiger partial charge on any atom is -0.495 e. The molecule has 0 spiro atoms. The van der Waals surface area contributed by atoms with Crippen LogP contribution in [0.2, 0.25) is 5.02 Å². The molecule has 2 aliphatic heterocycles. The van der Waals surface area contributed by atoms with Gasteiger partial charge < -0.3 is 29.9 Å². The van der Waals surface area contributed by atoms with Gasteiger partial charge in [0.25, 0.3) is 11.8 Å². The van der Waals surface area contributed by atoms with Crippen molar-refractivity contribution in [3.63, 3.8) is 0 Å². The lowest BCUT2D eigenvalue weighted by atomic mass is 10.0. The third-order valence-corrected chi connectivity index (χ3v) is 7.50. The molecule has 2 N–H and O–H groups in total. The molecule has 2 aromatic carbocycles. The predicted octanol–water partition coefficient (Wildman–Crippen LogP) is 5.05. The highest BCUT2D eigenvalue weighted by molar-refractivity contribution is 6.34. The molecule has 5 rings (SSSR count). The van der Waals surface area contributed by atoms with E-state index in [1.54, 1.807) is 26.2 Å². The van der Waals surface area contributed by atoms with E-state index in [1.807, 2.05) is 4.90 Å². The Morgan fingerprint density at radius 1 is 1.19 bits per heavy atom. The number of nitrogens with one attached hydrogen (secondary N) is 2. The normalized spacial score (nSPS) is 18.8. The van der Waals surface area contributed by atoms with E-state index >= 15 is 0 Å². The number of aromatic nitrogens is 2. The molecule has 15 heteroatoms. The number of halogens is 5.